The lowest BCUT2D eigenvalue weighted by atomic mass is 9.71. The van der Waals surface area contributed by atoms with E-state index in [1.807, 2.05) is 24.3 Å². The van der Waals surface area contributed by atoms with Crippen LogP contribution in [0.3, 0.4) is 0 Å². The van der Waals surface area contributed by atoms with E-state index in [2.05, 4.69) is 15.9 Å². The van der Waals surface area contributed by atoms with Crippen molar-refractivity contribution in [1.29, 1.82) is 0 Å². The lowest BCUT2D eigenvalue weighted by Crippen LogP contribution is -2.38. The predicted octanol–water partition coefficient (Wildman–Crippen LogP) is 3.50. The van der Waals surface area contributed by atoms with Crippen molar-refractivity contribution >= 4 is 15.9 Å². The molecule has 2 aliphatic carbocycles. The van der Waals surface area contributed by atoms with Crippen LogP contribution in [0.5, 0.6) is 0 Å². The Bertz CT molecular complexity index is 470. The standard InChI is InChI=1S/C17H23BrO2/c18-16-3-1-2-15(8-16)17(10-19,11-20)9-14-7-12-4-5-13(14)6-12/h1-3,8,12-14,19-20H,4-7,9-11H2. The molecule has 20 heavy (non-hydrogen) atoms. The van der Waals surface area contributed by atoms with E-state index in [-0.39, 0.29) is 13.2 Å². The number of hydrogen-bond donors (Lipinski definition) is 2. The fourth-order valence-corrected chi connectivity index (χ4v) is 4.83. The second-order valence-electron chi connectivity index (χ2n) is 6.75. The highest BCUT2D eigenvalue weighted by molar-refractivity contribution is 9.10. The van der Waals surface area contributed by atoms with Crippen molar-refractivity contribution in [3.63, 3.8) is 0 Å². The van der Waals surface area contributed by atoms with E-state index in [9.17, 15) is 10.2 Å². The van der Waals surface area contributed by atoms with Crippen molar-refractivity contribution in [3.8, 4) is 0 Å². The maximum absolute atomic E-state index is 9.98. The Morgan fingerprint density at radius 3 is 2.50 bits per heavy atom. The van der Waals surface area contributed by atoms with E-state index in [1.54, 1.807) is 0 Å². The molecule has 3 unspecified atom stereocenters. The van der Waals surface area contributed by atoms with Gasteiger partial charge in [-0.3, -0.25) is 0 Å². The van der Waals surface area contributed by atoms with Gasteiger partial charge in [0.2, 0.25) is 0 Å². The minimum atomic E-state index is -0.487. The van der Waals surface area contributed by atoms with Crippen LogP contribution < -0.4 is 0 Å². The van der Waals surface area contributed by atoms with Crippen LogP contribution in [0, 0.1) is 17.8 Å². The van der Waals surface area contributed by atoms with Gasteiger partial charge in [0.15, 0.2) is 0 Å². The average molecular weight is 339 g/mol. The zero-order chi connectivity index (χ0) is 14.2. The maximum atomic E-state index is 9.98. The summed E-state index contributed by atoms with van der Waals surface area (Å²) in [5, 5.41) is 20.0. The first kappa shape index (κ1) is 14.6. The number of hydrogen-bond acceptors (Lipinski definition) is 2. The number of fused-ring (bicyclic) bond motifs is 2. The topological polar surface area (TPSA) is 40.5 Å². The number of rotatable bonds is 5. The second kappa shape index (κ2) is 5.78. The van der Waals surface area contributed by atoms with Crippen molar-refractivity contribution < 1.29 is 10.2 Å². The van der Waals surface area contributed by atoms with E-state index in [0.717, 1.165) is 28.3 Å². The summed E-state index contributed by atoms with van der Waals surface area (Å²) >= 11 is 3.50. The van der Waals surface area contributed by atoms with Gasteiger partial charge in [-0.25, -0.2) is 0 Å². The van der Waals surface area contributed by atoms with Gasteiger partial charge < -0.3 is 10.2 Å². The molecule has 3 heteroatoms. The summed E-state index contributed by atoms with van der Waals surface area (Å²) in [6, 6.07) is 8.05. The molecule has 0 heterocycles. The minimum Gasteiger partial charge on any atom is -0.395 e. The molecule has 2 bridgehead atoms. The van der Waals surface area contributed by atoms with Crippen molar-refractivity contribution in [1.82, 2.24) is 0 Å². The van der Waals surface area contributed by atoms with Gasteiger partial charge in [-0.1, -0.05) is 34.5 Å². The molecule has 1 aromatic rings. The molecule has 3 atom stereocenters. The van der Waals surface area contributed by atoms with Crippen molar-refractivity contribution in [2.75, 3.05) is 13.2 Å². The Morgan fingerprint density at radius 1 is 1.15 bits per heavy atom. The number of aliphatic hydroxyl groups excluding tert-OH is 2. The van der Waals surface area contributed by atoms with E-state index in [4.69, 9.17) is 0 Å². The maximum Gasteiger partial charge on any atom is 0.0550 e. The molecule has 110 valence electrons. The normalized spacial score (nSPS) is 29.1. The lowest BCUT2D eigenvalue weighted by Gasteiger charge is -2.36. The molecule has 0 saturated heterocycles. The first-order valence-corrected chi connectivity index (χ1v) is 8.44. The van der Waals surface area contributed by atoms with Crippen molar-refractivity contribution in [2.24, 2.45) is 17.8 Å². The van der Waals surface area contributed by atoms with Crippen molar-refractivity contribution in [2.45, 2.75) is 37.5 Å². The Morgan fingerprint density at radius 2 is 1.95 bits per heavy atom. The molecular weight excluding hydrogens is 316 g/mol. The summed E-state index contributed by atoms with van der Waals surface area (Å²) in [6.45, 7) is 0.0433. The van der Waals surface area contributed by atoms with E-state index in [0.29, 0.717) is 5.92 Å². The van der Waals surface area contributed by atoms with Crippen LogP contribution in [0.25, 0.3) is 0 Å². The molecule has 1 aromatic carbocycles. The molecule has 2 saturated carbocycles. The molecular formula is C17H23BrO2. The first-order valence-electron chi connectivity index (χ1n) is 7.64. The van der Waals surface area contributed by atoms with Crippen LogP contribution in [0.15, 0.2) is 28.7 Å². The molecule has 2 nitrogen and oxygen atoms in total. The van der Waals surface area contributed by atoms with Crippen molar-refractivity contribution in [3.05, 3.63) is 34.3 Å². The summed E-state index contributed by atoms with van der Waals surface area (Å²) in [7, 11) is 0. The zero-order valence-corrected chi connectivity index (χ0v) is 13.3. The van der Waals surface area contributed by atoms with Gasteiger partial charge in [-0.15, -0.1) is 0 Å². The Hall–Kier alpha value is -0.380. The van der Waals surface area contributed by atoms with Gasteiger partial charge in [-0.2, -0.15) is 0 Å². The SMILES string of the molecule is OCC(CO)(CC1CC2CCC1C2)c1cccc(Br)c1. The Kier molecular flexibility index (Phi) is 4.21. The quantitative estimate of drug-likeness (QED) is 0.862. The number of halogens is 1. The van der Waals surface area contributed by atoms with Gasteiger partial charge in [0.25, 0.3) is 0 Å². The smallest absolute Gasteiger partial charge is 0.0550 e. The van der Waals surface area contributed by atoms with Gasteiger partial charge in [-0.05, 0) is 61.1 Å². The van der Waals surface area contributed by atoms with E-state index < -0.39 is 5.41 Å². The average Bonchev–Trinajstić information content (AvgIpc) is 3.07. The van der Waals surface area contributed by atoms with E-state index in [1.165, 1.54) is 25.7 Å². The van der Waals surface area contributed by atoms with Crippen LogP contribution >= 0.6 is 15.9 Å². The second-order valence-corrected chi connectivity index (χ2v) is 7.66. The van der Waals surface area contributed by atoms with Gasteiger partial charge in [0, 0.05) is 9.89 Å². The summed E-state index contributed by atoms with van der Waals surface area (Å²) < 4.78 is 1.01. The molecule has 0 amide bonds. The molecule has 2 fully saturated rings. The highest BCUT2D eigenvalue weighted by Gasteiger charge is 2.44. The summed E-state index contributed by atoms with van der Waals surface area (Å²) in [5.74, 6) is 2.40. The summed E-state index contributed by atoms with van der Waals surface area (Å²) in [5.41, 5.74) is 0.568. The third kappa shape index (κ3) is 2.56. The van der Waals surface area contributed by atoms with Crippen LogP contribution in [0.2, 0.25) is 0 Å². The molecule has 0 spiro atoms. The van der Waals surface area contributed by atoms with E-state index >= 15 is 0 Å². The molecule has 0 radical (unpaired) electrons. The fourth-order valence-electron chi connectivity index (χ4n) is 4.43. The molecule has 2 aliphatic rings. The number of benzene rings is 1. The molecule has 2 N–H and O–H groups in total. The van der Waals surface area contributed by atoms with Crippen LogP contribution in [-0.4, -0.2) is 23.4 Å². The third-order valence-electron chi connectivity index (χ3n) is 5.58. The third-order valence-corrected chi connectivity index (χ3v) is 6.07. The lowest BCUT2D eigenvalue weighted by molar-refractivity contribution is 0.0847. The van der Waals surface area contributed by atoms with Crippen LogP contribution in [0.4, 0.5) is 0 Å². The van der Waals surface area contributed by atoms with Gasteiger partial charge >= 0.3 is 0 Å². The van der Waals surface area contributed by atoms with Gasteiger partial charge in [0.05, 0.1) is 13.2 Å². The summed E-state index contributed by atoms with van der Waals surface area (Å²) in [6.07, 6.45) is 6.32. The fraction of sp³-hybridized carbons (Fsp3) is 0.647. The predicted molar refractivity (Wildman–Crippen MR) is 83.5 cm³/mol. The summed E-state index contributed by atoms with van der Waals surface area (Å²) in [4.78, 5) is 0. The zero-order valence-electron chi connectivity index (χ0n) is 11.8. The Balaban J connectivity index is 1.84. The molecule has 0 aliphatic heterocycles. The van der Waals surface area contributed by atoms with Gasteiger partial charge in [0.1, 0.15) is 0 Å². The largest absolute Gasteiger partial charge is 0.395 e. The minimum absolute atomic E-state index is 0.0217. The monoisotopic (exact) mass is 338 g/mol. The first-order chi connectivity index (χ1) is 9.66. The Labute approximate surface area is 129 Å². The molecule has 0 aromatic heterocycles. The number of aliphatic hydroxyl groups is 2. The van der Waals surface area contributed by atoms with Crippen LogP contribution in [0.1, 0.15) is 37.7 Å². The van der Waals surface area contributed by atoms with Crippen LogP contribution in [-0.2, 0) is 5.41 Å². The highest BCUT2D eigenvalue weighted by atomic mass is 79.9. The highest BCUT2D eigenvalue weighted by Crippen LogP contribution is 2.52. The molecule has 3 rings (SSSR count).